The Morgan fingerprint density at radius 1 is 0.511 bits per heavy atom. The van der Waals surface area contributed by atoms with Crippen LogP contribution in [0.1, 0.15) is 25.0 Å². The van der Waals surface area contributed by atoms with E-state index in [1.54, 1.807) is 0 Å². The number of aromatic nitrogens is 1. The predicted molar refractivity (Wildman–Crippen MR) is 191 cm³/mol. The van der Waals surface area contributed by atoms with E-state index in [1.807, 2.05) is 0 Å². The second kappa shape index (κ2) is 9.70. The van der Waals surface area contributed by atoms with E-state index in [4.69, 9.17) is 0 Å². The summed E-state index contributed by atoms with van der Waals surface area (Å²) < 4.78 is 2.45. The van der Waals surface area contributed by atoms with Crippen LogP contribution < -0.4 is 4.90 Å². The SMILES string of the molecule is CC1(C)c2ccccc2-c2ccc(N(c3ccccc3)c3cc4ccccc4c4c3c3ccccc3n4-c3ccccc3)cc21. The zero-order chi connectivity index (χ0) is 30.1. The van der Waals surface area contributed by atoms with Crippen molar-refractivity contribution in [3.63, 3.8) is 0 Å². The molecule has 1 heterocycles. The molecule has 0 fully saturated rings. The van der Waals surface area contributed by atoms with Crippen LogP contribution in [0.15, 0.2) is 158 Å². The molecule has 0 atom stereocenters. The molecule has 214 valence electrons. The minimum atomic E-state index is -0.0909. The molecule has 0 unspecified atom stereocenters. The molecule has 45 heavy (non-hydrogen) atoms. The summed E-state index contributed by atoms with van der Waals surface area (Å²) in [4.78, 5) is 2.47. The second-order valence-electron chi connectivity index (χ2n) is 12.6. The topological polar surface area (TPSA) is 8.17 Å². The maximum absolute atomic E-state index is 2.47. The highest BCUT2D eigenvalue weighted by atomic mass is 15.1. The zero-order valence-corrected chi connectivity index (χ0v) is 25.4. The number of hydrogen-bond acceptors (Lipinski definition) is 1. The van der Waals surface area contributed by atoms with E-state index in [9.17, 15) is 0 Å². The summed E-state index contributed by atoms with van der Waals surface area (Å²) in [6, 6.07) is 57.6. The highest BCUT2D eigenvalue weighted by molar-refractivity contribution is 6.24. The molecule has 0 bridgehead atoms. The molecule has 1 aromatic heterocycles. The van der Waals surface area contributed by atoms with Gasteiger partial charge in [0.05, 0.1) is 16.7 Å². The first-order valence-corrected chi connectivity index (χ1v) is 15.7. The van der Waals surface area contributed by atoms with Crippen molar-refractivity contribution in [1.29, 1.82) is 0 Å². The molecule has 1 aliphatic carbocycles. The second-order valence-corrected chi connectivity index (χ2v) is 12.6. The monoisotopic (exact) mass is 576 g/mol. The van der Waals surface area contributed by atoms with Gasteiger partial charge in [-0.3, -0.25) is 0 Å². The molecule has 2 nitrogen and oxygen atoms in total. The maximum Gasteiger partial charge on any atom is 0.0640 e. The number of rotatable bonds is 4. The smallest absolute Gasteiger partial charge is 0.0640 e. The predicted octanol–water partition coefficient (Wildman–Crippen LogP) is 11.7. The fourth-order valence-corrected chi connectivity index (χ4v) is 7.67. The number of fused-ring (bicyclic) bond motifs is 8. The lowest BCUT2D eigenvalue weighted by Crippen LogP contribution is -2.16. The molecule has 0 saturated heterocycles. The molecule has 2 heteroatoms. The normalized spacial score (nSPS) is 13.3. The first kappa shape index (κ1) is 25.9. The summed E-state index contributed by atoms with van der Waals surface area (Å²) in [6.45, 7) is 4.71. The molecule has 7 aromatic carbocycles. The maximum atomic E-state index is 2.47. The van der Waals surface area contributed by atoms with Gasteiger partial charge in [0.2, 0.25) is 0 Å². The van der Waals surface area contributed by atoms with E-state index in [0.29, 0.717) is 0 Å². The Labute approximate surface area is 263 Å². The Morgan fingerprint density at radius 2 is 1.16 bits per heavy atom. The molecule has 0 N–H and O–H groups in total. The van der Waals surface area contributed by atoms with Gasteiger partial charge in [-0.25, -0.2) is 0 Å². The number of hydrogen-bond donors (Lipinski definition) is 0. The first-order valence-electron chi connectivity index (χ1n) is 15.7. The number of benzene rings is 7. The molecule has 1 aliphatic rings. The van der Waals surface area contributed by atoms with Crippen molar-refractivity contribution in [3.8, 4) is 16.8 Å². The van der Waals surface area contributed by atoms with E-state index in [2.05, 4.69) is 181 Å². The van der Waals surface area contributed by atoms with Crippen molar-refractivity contribution in [3.05, 3.63) is 169 Å². The summed E-state index contributed by atoms with van der Waals surface area (Å²) in [7, 11) is 0. The van der Waals surface area contributed by atoms with Gasteiger partial charge in [0.15, 0.2) is 0 Å². The number of anilines is 3. The molecule has 9 rings (SSSR count). The summed E-state index contributed by atoms with van der Waals surface area (Å²) in [5, 5.41) is 4.96. The van der Waals surface area contributed by atoms with Crippen molar-refractivity contribution >= 4 is 49.6 Å². The van der Waals surface area contributed by atoms with Crippen LogP contribution in [0.3, 0.4) is 0 Å². The van der Waals surface area contributed by atoms with Gasteiger partial charge in [-0.15, -0.1) is 0 Å². The summed E-state index contributed by atoms with van der Waals surface area (Å²) >= 11 is 0. The molecule has 0 saturated carbocycles. The third-order valence-corrected chi connectivity index (χ3v) is 9.73. The van der Waals surface area contributed by atoms with Crippen molar-refractivity contribution in [2.75, 3.05) is 4.90 Å². The van der Waals surface area contributed by atoms with E-state index < -0.39 is 0 Å². The molecular formula is C43H32N2. The zero-order valence-electron chi connectivity index (χ0n) is 25.4. The van der Waals surface area contributed by atoms with Gasteiger partial charge >= 0.3 is 0 Å². The quantitative estimate of drug-likeness (QED) is 0.202. The Morgan fingerprint density at radius 3 is 1.98 bits per heavy atom. The Bertz CT molecular complexity index is 2400. The van der Waals surface area contributed by atoms with Crippen LogP contribution in [0.5, 0.6) is 0 Å². The van der Waals surface area contributed by atoms with Crippen LogP contribution >= 0.6 is 0 Å². The van der Waals surface area contributed by atoms with Crippen molar-refractivity contribution in [2.24, 2.45) is 0 Å². The summed E-state index contributed by atoms with van der Waals surface area (Å²) in [5.41, 5.74) is 12.4. The average Bonchev–Trinajstić information content (AvgIpc) is 3.56. The summed E-state index contributed by atoms with van der Waals surface area (Å²) in [6.07, 6.45) is 0. The number of nitrogens with zero attached hydrogens (tertiary/aromatic N) is 2. The van der Waals surface area contributed by atoms with Crippen LogP contribution in [0.4, 0.5) is 17.1 Å². The fraction of sp³-hybridized carbons (Fsp3) is 0.0698. The van der Waals surface area contributed by atoms with E-state index >= 15 is 0 Å². The Kier molecular flexibility index (Phi) is 5.58. The minimum Gasteiger partial charge on any atom is -0.310 e. The Balaban J connectivity index is 1.41. The van der Waals surface area contributed by atoms with Crippen molar-refractivity contribution in [1.82, 2.24) is 4.57 Å². The molecule has 0 aliphatic heterocycles. The minimum absolute atomic E-state index is 0.0909. The lowest BCUT2D eigenvalue weighted by Gasteiger charge is -2.29. The molecule has 0 amide bonds. The lowest BCUT2D eigenvalue weighted by atomic mass is 9.82. The lowest BCUT2D eigenvalue weighted by molar-refractivity contribution is 0.660. The van der Waals surface area contributed by atoms with Crippen LogP contribution in [-0.4, -0.2) is 4.57 Å². The van der Waals surface area contributed by atoms with E-state index in [0.717, 1.165) is 17.1 Å². The van der Waals surface area contributed by atoms with Gasteiger partial charge in [0, 0.05) is 38.6 Å². The third kappa shape index (κ3) is 3.76. The number of para-hydroxylation sites is 3. The van der Waals surface area contributed by atoms with Crippen LogP contribution in [0.25, 0.3) is 49.4 Å². The van der Waals surface area contributed by atoms with Crippen molar-refractivity contribution < 1.29 is 0 Å². The average molecular weight is 577 g/mol. The molecule has 0 radical (unpaired) electrons. The van der Waals surface area contributed by atoms with Gasteiger partial charge in [0.1, 0.15) is 0 Å². The fourth-order valence-electron chi connectivity index (χ4n) is 7.67. The molecular weight excluding hydrogens is 544 g/mol. The van der Waals surface area contributed by atoms with Gasteiger partial charge in [-0.05, 0) is 76.2 Å². The molecule has 0 spiro atoms. The highest BCUT2D eigenvalue weighted by Gasteiger charge is 2.36. The van der Waals surface area contributed by atoms with Gasteiger partial charge in [-0.2, -0.15) is 0 Å². The Hall–Kier alpha value is -5.60. The van der Waals surface area contributed by atoms with E-state index in [-0.39, 0.29) is 5.41 Å². The van der Waals surface area contributed by atoms with Crippen molar-refractivity contribution in [2.45, 2.75) is 19.3 Å². The van der Waals surface area contributed by atoms with Crippen LogP contribution in [0.2, 0.25) is 0 Å². The van der Waals surface area contributed by atoms with Gasteiger partial charge in [-0.1, -0.05) is 123 Å². The standard InChI is InChI=1S/C43H32N2/c1-43(2)37-23-13-11-21-34(37)35-26-25-32(28-38(35)43)44(30-16-5-3-6-17-30)40-27-29-15-9-10-20-33(29)42-41(40)36-22-12-14-24-39(36)45(42)31-18-7-4-8-19-31/h3-28H,1-2H3. The third-order valence-electron chi connectivity index (χ3n) is 9.73. The van der Waals surface area contributed by atoms with Gasteiger partial charge < -0.3 is 9.47 Å². The van der Waals surface area contributed by atoms with Gasteiger partial charge in [0.25, 0.3) is 0 Å². The van der Waals surface area contributed by atoms with Crippen LogP contribution in [-0.2, 0) is 5.41 Å². The largest absolute Gasteiger partial charge is 0.310 e. The van der Waals surface area contributed by atoms with E-state index in [1.165, 1.54) is 60.5 Å². The highest BCUT2D eigenvalue weighted by Crippen LogP contribution is 2.52. The van der Waals surface area contributed by atoms with Crippen LogP contribution in [0, 0.1) is 0 Å². The molecule has 8 aromatic rings. The summed E-state index contributed by atoms with van der Waals surface area (Å²) in [5.74, 6) is 0. The first-order chi connectivity index (χ1) is 22.1.